The Balaban J connectivity index is 1.82. The molecule has 0 amide bonds. The summed E-state index contributed by atoms with van der Waals surface area (Å²) in [6.07, 6.45) is -2.33. The van der Waals surface area contributed by atoms with Crippen molar-refractivity contribution >= 4 is 0 Å². The van der Waals surface area contributed by atoms with E-state index in [1.807, 2.05) is 0 Å². The minimum atomic E-state index is -4.38. The maximum Gasteiger partial charge on any atom is 0.396 e. The first-order valence-electron chi connectivity index (χ1n) is 7.12. The Morgan fingerprint density at radius 3 is 2.45 bits per heavy atom. The third-order valence-corrected chi connectivity index (χ3v) is 4.14. The van der Waals surface area contributed by atoms with E-state index in [1.54, 1.807) is 18.2 Å². The average Bonchev–Trinajstić information content (AvgIpc) is 2.91. The molecule has 1 aliphatic rings. The van der Waals surface area contributed by atoms with E-state index in [2.05, 4.69) is 10.1 Å². The summed E-state index contributed by atoms with van der Waals surface area (Å²) in [7, 11) is 0. The van der Waals surface area contributed by atoms with Gasteiger partial charge in [0, 0.05) is 6.42 Å². The van der Waals surface area contributed by atoms with Gasteiger partial charge in [0.25, 0.3) is 0 Å². The number of nitrogens with two attached hydrogens (primary N) is 1. The topological polar surface area (TPSA) is 64.9 Å². The number of halogens is 3. The predicted molar refractivity (Wildman–Crippen MR) is 73.0 cm³/mol. The monoisotopic (exact) mass is 311 g/mol. The summed E-state index contributed by atoms with van der Waals surface area (Å²) in [5.41, 5.74) is 5.60. The summed E-state index contributed by atoms with van der Waals surface area (Å²) in [4.78, 5) is 4.08. The molecule has 0 aliphatic heterocycles. The summed E-state index contributed by atoms with van der Waals surface area (Å²) in [6.45, 7) is 0. The van der Waals surface area contributed by atoms with E-state index in [-0.39, 0.29) is 17.9 Å². The van der Waals surface area contributed by atoms with E-state index >= 15 is 0 Å². The Kier molecular flexibility index (Phi) is 3.68. The minimum Gasteiger partial charge on any atom is -0.339 e. The van der Waals surface area contributed by atoms with Crippen LogP contribution in [0.15, 0.2) is 34.9 Å². The second-order valence-corrected chi connectivity index (χ2v) is 5.73. The van der Waals surface area contributed by atoms with Gasteiger partial charge >= 0.3 is 6.18 Å². The Labute approximate surface area is 125 Å². The number of benzene rings is 1. The van der Waals surface area contributed by atoms with Crippen LogP contribution in [0.4, 0.5) is 13.2 Å². The Bertz CT molecular complexity index is 635. The molecule has 22 heavy (non-hydrogen) atoms. The van der Waals surface area contributed by atoms with Gasteiger partial charge in [-0.15, -0.1) is 0 Å². The van der Waals surface area contributed by atoms with Crippen LogP contribution in [-0.2, 0) is 12.0 Å². The largest absolute Gasteiger partial charge is 0.396 e. The van der Waals surface area contributed by atoms with Crippen LogP contribution in [0, 0.1) is 0 Å². The van der Waals surface area contributed by atoms with E-state index in [4.69, 9.17) is 10.3 Å². The third kappa shape index (κ3) is 2.85. The van der Waals surface area contributed by atoms with E-state index in [0.29, 0.717) is 5.82 Å². The van der Waals surface area contributed by atoms with Crippen molar-refractivity contribution in [2.24, 2.45) is 5.73 Å². The molecule has 1 heterocycles. The molecule has 7 heteroatoms. The molecule has 1 fully saturated rings. The second kappa shape index (κ2) is 5.39. The lowest BCUT2D eigenvalue weighted by Crippen LogP contribution is -2.44. The highest BCUT2D eigenvalue weighted by atomic mass is 19.4. The van der Waals surface area contributed by atoms with Crippen LogP contribution in [0.1, 0.15) is 42.5 Å². The van der Waals surface area contributed by atoms with Crippen LogP contribution >= 0.6 is 0 Å². The van der Waals surface area contributed by atoms with Gasteiger partial charge in [0.1, 0.15) is 0 Å². The van der Waals surface area contributed by atoms with Gasteiger partial charge < -0.3 is 10.3 Å². The van der Waals surface area contributed by atoms with Gasteiger partial charge in [-0.1, -0.05) is 35.5 Å². The molecule has 118 valence electrons. The van der Waals surface area contributed by atoms with Gasteiger partial charge in [0.2, 0.25) is 5.89 Å². The number of alkyl halides is 3. The molecule has 3 rings (SSSR count). The summed E-state index contributed by atoms with van der Waals surface area (Å²) in [5.74, 6) is -1.39. The van der Waals surface area contributed by atoms with E-state index in [9.17, 15) is 13.2 Å². The van der Waals surface area contributed by atoms with Gasteiger partial charge in [0.05, 0.1) is 11.5 Å². The highest BCUT2D eigenvalue weighted by Gasteiger charge is 2.43. The molecular weight excluding hydrogens is 295 g/mol. The molecule has 0 spiro atoms. The van der Waals surface area contributed by atoms with Crippen LogP contribution in [0.5, 0.6) is 0 Å². The highest BCUT2D eigenvalue weighted by molar-refractivity contribution is 5.22. The number of hydrogen-bond donors (Lipinski definition) is 1. The first-order chi connectivity index (χ1) is 10.4. The van der Waals surface area contributed by atoms with Crippen LogP contribution in [0.3, 0.4) is 0 Å². The summed E-state index contributed by atoms with van der Waals surface area (Å²) < 4.78 is 44.9. The molecule has 2 aromatic rings. The Morgan fingerprint density at radius 1 is 1.23 bits per heavy atom. The average molecular weight is 311 g/mol. The van der Waals surface area contributed by atoms with Gasteiger partial charge in [-0.25, -0.2) is 0 Å². The zero-order chi connectivity index (χ0) is 15.8. The zero-order valence-electron chi connectivity index (χ0n) is 11.8. The molecule has 1 atom stereocenters. The van der Waals surface area contributed by atoms with Crippen molar-refractivity contribution in [3.63, 3.8) is 0 Å². The van der Waals surface area contributed by atoms with Crippen LogP contribution in [-0.4, -0.2) is 16.3 Å². The van der Waals surface area contributed by atoms with E-state index in [0.717, 1.165) is 19.3 Å². The maximum absolute atomic E-state index is 13.3. The molecule has 4 nitrogen and oxygen atoms in total. The summed E-state index contributed by atoms with van der Waals surface area (Å²) in [5, 5.41) is 3.76. The first kappa shape index (κ1) is 15.0. The second-order valence-electron chi connectivity index (χ2n) is 5.73. The molecule has 0 radical (unpaired) electrons. The fraction of sp³-hybridized carbons (Fsp3) is 0.467. The van der Waals surface area contributed by atoms with Gasteiger partial charge in [-0.05, 0) is 24.8 Å². The van der Waals surface area contributed by atoms with Crippen molar-refractivity contribution in [1.29, 1.82) is 0 Å². The SMILES string of the molecule is NC1(c2noc(CC(c3ccccc3)C(F)(F)F)n2)CCC1. The zero-order valence-corrected chi connectivity index (χ0v) is 11.8. The van der Waals surface area contributed by atoms with Crippen molar-refractivity contribution < 1.29 is 17.7 Å². The number of nitrogens with zero attached hydrogens (tertiary/aromatic N) is 2. The fourth-order valence-electron chi connectivity index (χ4n) is 2.60. The minimum absolute atomic E-state index is 0.0297. The van der Waals surface area contributed by atoms with Crippen molar-refractivity contribution in [3.8, 4) is 0 Å². The molecular formula is C15H16F3N3O. The predicted octanol–water partition coefficient (Wildman–Crippen LogP) is 3.30. The highest BCUT2D eigenvalue weighted by Crippen LogP contribution is 2.39. The first-order valence-corrected chi connectivity index (χ1v) is 7.12. The molecule has 1 aliphatic carbocycles. The summed E-state index contributed by atoms with van der Waals surface area (Å²) in [6, 6.07) is 7.74. The molecule has 1 unspecified atom stereocenters. The molecule has 1 saturated carbocycles. The Morgan fingerprint density at radius 2 is 1.91 bits per heavy atom. The number of aromatic nitrogens is 2. The van der Waals surface area contributed by atoms with Crippen molar-refractivity contribution in [3.05, 3.63) is 47.6 Å². The van der Waals surface area contributed by atoms with E-state index in [1.165, 1.54) is 12.1 Å². The Hall–Kier alpha value is -1.89. The van der Waals surface area contributed by atoms with Gasteiger partial charge in [0.15, 0.2) is 5.82 Å². The number of rotatable bonds is 4. The van der Waals surface area contributed by atoms with Crippen molar-refractivity contribution in [2.45, 2.75) is 43.3 Å². The van der Waals surface area contributed by atoms with Crippen LogP contribution in [0.2, 0.25) is 0 Å². The van der Waals surface area contributed by atoms with Gasteiger partial charge in [-0.2, -0.15) is 18.2 Å². The molecule has 1 aromatic carbocycles. The maximum atomic E-state index is 13.3. The van der Waals surface area contributed by atoms with Crippen molar-refractivity contribution in [1.82, 2.24) is 10.1 Å². The van der Waals surface area contributed by atoms with Gasteiger partial charge in [-0.3, -0.25) is 0 Å². The molecule has 0 saturated heterocycles. The summed E-state index contributed by atoms with van der Waals surface area (Å²) >= 11 is 0. The third-order valence-electron chi connectivity index (χ3n) is 4.14. The quantitative estimate of drug-likeness (QED) is 0.941. The normalized spacial score (nSPS) is 18.7. The standard InChI is InChI=1S/C15H16F3N3O/c16-15(17,18)11(10-5-2-1-3-6-10)9-12-20-13(21-22-12)14(19)7-4-8-14/h1-3,5-6,11H,4,7-9,19H2. The van der Waals surface area contributed by atoms with E-state index < -0.39 is 17.6 Å². The number of hydrogen-bond acceptors (Lipinski definition) is 4. The van der Waals surface area contributed by atoms with Crippen LogP contribution < -0.4 is 5.73 Å². The lowest BCUT2D eigenvalue weighted by molar-refractivity contribution is -0.151. The van der Waals surface area contributed by atoms with Crippen LogP contribution in [0.25, 0.3) is 0 Å². The lowest BCUT2D eigenvalue weighted by atomic mass is 9.77. The lowest BCUT2D eigenvalue weighted by Gasteiger charge is -2.34. The molecule has 2 N–H and O–H groups in total. The fourth-order valence-corrected chi connectivity index (χ4v) is 2.60. The molecule has 0 bridgehead atoms. The molecule has 1 aromatic heterocycles. The van der Waals surface area contributed by atoms with Crippen molar-refractivity contribution in [2.75, 3.05) is 0 Å². The smallest absolute Gasteiger partial charge is 0.339 e.